The van der Waals surface area contributed by atoms with Crippen molar-refractivity contribution in [1.29, 1.82) is 0 Å². The number of carboxylic acid groups (broad SMARTS) is 2. The third-order valence-corrected chi connectivity index (χ3v) is 5.37. The normalized spacial score (nSPS) is 14.3. The highest BCUT2D eigenvalue weighted by Gasteiger charge is 2.30. The number of carbonyl (C=O) groups excluding carboxylic acids is 4. The minimum atomic E-state index is -1.33. The van der Waals surface area contributed by atoms with E-state index in [0.29, 0.717) is 5.75 Å². The first-order valence-electron chi connectivity index (χ1n) is 9.92. The Hall–Kier alpha value is -2.52. The van der Waals surface area contributed by atoms with E-state index < -0.39 is 59.7 Å². The molecule has 0 aromatic rings. The van der Waals surface area contributed by atoms with Crippen LogP contribution in [0.4, 0.5) is 0 Å². The molecule has 0 radical (unpaired) electrons. The number of nitrogens with one attached hydrogen (secondary N) is 3. The van der Waals surface area contributed by atoms with Gasteiger partial charge in [-0.2, -0.15) is 24.4 Å². The van der Waals surface area contributed by atoms with Crippen LogP contribution in [-0.4, -0.2) is 87.7 Å². The second-order valence-electron chi connectivity index (χ2n) is 7.03. The highest BCUT2D eigenvalue weighted by molar-refractivity contribution is 7.98. The van der Waals surface area contributed by atoms with E-state index in [1.165, 1.54) is 11.8 Å². The molecule has 0 heterocycles. The van der Waals surface area contributed by atoms with Crippen LogP contribution >= 0.6 is 24.4 Å². The van der Waals surface area contributed by atoms with Crippen molar-refractivity contribution in [2.75, 3.05) is 17.8 Å². The lowest BCUT2D eigenvalue weighted by Crippen LogP contribution is -2.57. The largest absolute Gasteiger partial charge is 0.481 e. The molecule has 0 fully saturated rings. The first-order chi connectivity index (χ1) is 15.4. The summed E-state index contributed by atoms with van der Waals surface area (Å²) in [5, 5.41) is 24.9. The highest BCUT2D eigenvalue weighted by atomic mass is 32.2. The monoisotopic (exact) mass is 509 g/mol. The lowest BCUT2D eigenvalue weighted by molar-refractivity contribution is -0.142. The van der Waals surface area contributed by atoms with E-state index in [4.69, 9.17) is 21.7 Å². The van der Waals surface area contributed by atoms with Gasteiger partial charge >= 0.3 is 11.9 Å². The van der Waals surface area contributed by atoms with Gasteiger partial charge in [-0.05, 0) is 31.3 Å². The SMILES string of the molecule is CSCCC(NC(=O)C(N)CCC(=O)O)C(=O)NC(CCC(N)=O)C(=O)NC(CS)C(=O)O. The molecule has 188 valence electrons. The number of aliphatic carboxylic acids is 2. The fourth-order valence-corrected chi connectivity index (χ4v) is 3.20. The maximum Gasteiger partial charge on any atom is 0.327 e. The van der Waals surface area contributed by atoms with Gasteiger partial charge in [0.25, 0.3) is 0 Å². The van der Waals surface area contributed by atoms with E-state index in [0.717, 1.165) is 0 Å². The molecule has 0 aliphatic carbocycles. The third kappa shape index (κ3) is 12.9. The molecule has 4 unspecified atom stereocenters. The molecule has 0 aliphatic rings. The van der Waals surface area contributed by atoms with Gasteiger partial charge in [0.1, 0.15) is 18.1 Å². The number of thiol groups is 1. The molecular weight excluding hydrogens is 478 g/mol. The summed E-state index contributed by atoms with van der Waals surface area (Å²) in [4.78, 5) is 70.6. The number of nitrogens with two attached hydrogens (primary N) is 2. The number of rotatable bonds is 17. The van der Waals surface area contributed by atoms with Gasteiger partial charge in [0, 0.05) is 18.6 Å². The van der Waals surface area contributed by atoms with Crippen LogP contribution in [0, 0.1) is 0 Å². The molecule has 13 nitrogen and oxygen atoms in total. The van der Waals surface area contributed by atoms with Crippen LogP contribution in [-0.2, 0) is 28.8 Å². The molecule has 4 atom stereocenters. The summed E-state index contributed by atoms with van der Waals surface area (Å²) in [6, 6.07) is -4.90. The summed E-state index contributed by atoms with van der Waals surface area (Å²) >= 11 is 5.25. The molecular formula is C18H31N5O8S2. The molecule has 15 heteroatoms. The first-order valence-corrected chi connectivity index (χ1v) is 11.9. The molecule has 0 spiro atoms. The van der Waals surface area contributed by atoms with Crippen molar-refractivity contribution in [3.8, 4) is 0 Å². The van der Waals surface area contributed by atoms with E-state index in [2.05, 4.69) is 28.6 Å². The summed E-state index contributed by atoms with van der Waals surface area (Å²) in [7, 11) is 0. The molecule has 0 bridgehead atoms. The van der Waals surface area contributed by atoms with Crippen LogP contribution in [0.3, 0.4) is 0 Å². The number of thioether (sulfide) groups is 1. The van der Waals surface area contributed by atoms with Gasteiger partial charge in [0.15, 0.2) is 0 Å². The van der Waals surface area contributed by atoms with Crippen LogP contribution in [0.25, 0.3) is 0 Å². The van der Waals surface area contributed by atoms with E-state index in [-0.39, 0.29) is 37.9 Å². The molecule has 0 aliphatic heterocycles. The smallest absolute Gasteiger partial charge is 0.327 e. The lowest BCUT2D eigenvalue weighted by atomic mass is 10.1. The van der Waals surface area contributed by atoms with Gasteiger partial charge in [0.2, 0.25) is 23.6 Å². The standard InChI is InChI=1S/C18H31N5O8S2/c1-33-7-6-11(21-15(27)9(19)2-5-14(25)26)17(29)22-10(3-4-13(20)24)16(28)23-12(8-32)18(30)31/h9-12,32H,2-8,19H2,1H3,(H2,20,24)(H,21,27)(H,22,29)(H,23,28)(H,25,26)(H,30,31). The van der Waals surface area contributed by atoms with Crippen molar-refractivity contribution >= 4 is 60.0 Å². The van der Waals surface area contributed by atoms with Gasteiger partial charge in [-0.3, -0.25) is 24.0 Å². The van der Waals surface area contributed by atoms with Crippen LogP contribution in [0.1, 0.15) is 32.1 Å². The second-order valence-corrected chi connectivity index (χ2v) is 8.38. The summed E-state index contributed by atoms with van der Waals surface area (Å²) in [5.74, 6) is -5.30. The first kappa shape index (κ1) is 30.5. The minimum Gasteiger partial charge on any atom is -0.481 e. The summed E-state index contributed by atoms with van der Waals surface area (Å²) < 4.78 is 0. The van der Waals surface area contributed by atoms with Gasteiger partial charge in [-0.15, -0.1) is 0 Å². The van der Waals surface area contributed by atoms with Crippen LogP contribution < -0.4 is 27.4 Å². The van der Waals surface area contributed by atoms with Crippen molar-refractivity contribution < 1.29 is 39.0 Å². The summed E-state index contributed by atoms with van der Waals surface area (Å²) in [6.45, 7) is 0. The Morgan fingerprint density at radius 2 is 1.36 bits per heavy atom. The number of primary amides is 1. The second kappa shape index (κ2) is 16.1. The maximum atomic E-state index is 12.8. The van der Waals surface area contributed by atoms with Crippen LogP contribution in [0.15, 0.2) is 0 Å². The van der Waals surface area contributed by atoms with Crippen LogP contribution in [0.2, 0.25) is 0 Å². The molecule has 0 saturated heterocycles. The molecule has 0 aromatic heterocycles. The summed E-state index contributed by atoms with van der Waals surface area (Å²) in [5.41, 5.74) is 10.8. The van der Waals surface area contributed by atoms with Gasteiger partial charge in [-0.1, -0.05) is 0 Å². The van der Waals surface area contributed by atoms with E-state index in [9.17, 15) is 28.8 Å². The molecule has 9 N–H and O–H groups in total. The van der Waals surface area contributed by atoms with Crippen molar-refractivity contribution in [1.82, 2.24) is 16.0 Å². The average molecular weight is 510 g/mol. The van der Waals surface area contributed by atoms with Gasteiger partial charge < -0.3 is 37.6 Å². The zero-order valence-electron chi connectivity index (χ0n) is 18.1. The Bertz CT molecular complexity index is 724. The van der Waals surface area contributed by atoms with Crippen molar-refractivity contribution in [2.24, 2.45) is 11.5 Å². The predicted octanol–water partition coefficient (Wildman–Crippen LogP) is -2.33. The molecule has 33 heavy (non-hydrogen) atoms. The van der Waals surface area contributed by atoms with E-state index in [1.54, 1.807) is 6.26 Å². The number of hydrogen-bond acceptors (Lipinski definition) is 9. The fourth-order valence-electron chi connectivity index (χ4n) is 2.48. The number of amides is 4. The quantitative estimate of drug-likeness (QED) is 0.0974. The van der Waals surface area contributed by atoms with Crippen molar-refractivity contribution in [3.63, 3.8) is 0 Å². The average Bonchev–Trinajstić information content (AvgIpc) is 2.74. The Balaban J connectivity index is 5.40. The number of hydrogen-bond donors (Lipinski definition) is 8. The molecule has 4 amide bonds. The highest BCUT2D eigenvalue weighted by Crippen LogP contribution is 2.06. The van der Waals surface area contributed by atoms with Gasteiger partial charge in [-0.25, -0.2) is 4.79 Å². The Morgan fingerprint density at radius 3 is 1.82 bits per heavy atom. The predicted molar refractivity (Wildman–Crippen MR) is 124 cm³/mol. The third-order valence-electron chi connectivity index (χ3n) is 4.36. The fraction of sp³-hybridized carbons (Fsp3) is 0.667. The maximum absolute atomic E-state index is 12.8. The minimum absolute atomic E-state index is 0.137. The zero-order valence-corrected chi connectivity index (χ0v) is 19.8. The van der Waals surface area contributed by atoms with Crippen molar-refractivity contribution in [3.05, 3.63) is 0 Å². The van der Waals surface area contributed by atoms with E-state index >= 15 is 0 Å². The van der Waals surface area contributed by atoms with Gasteiger partial charge in [0.05, 0.1) is 6.04 Å². The summed E-state index contributed by atoms with van der Waals surface area (Å²) in [6.07, 6.45) is 1.01. The zero-order chi connectivity index (χ0) is 25.6. The molecule has 0 aromatic carbocycles. The topological polar surface area (TPSA) is 231 Å². The number of carbonyl (C=O) groups is 6. The van der Waals surface area contributed by atoms with Crippen molar-refractivity contribution in [2.45, 2.75) is 56.3 Å². The lowest BCUT2D eigenvalue weighted by Gasteiger charge is -2.24. The Kier molecular flexibility index (Phi) is 14.9. The Labute approximate surface area is 200 Å². The van der Waals surface area contributed by atoms with E-state index in [1.807, 2.05) is 0 Å². The Morgan fingerprint density at radius 1 is 0.848 bits per heavy atom. The number of carboxylic acids is 2. The molecule has 0 saturated carbocycles. The molecule has 0 rings (SSSR count). The van der Waals surface area contributed by atoms with Crippen LogP contribution in [0.5, 0.6) is 0 Å².